The van der Waals surface area contributed by atoms with Gasteiger partial charge in [-0.05, 0) is 58.8 Å². The van der Waals surface area contributed by atoms with Crippen LogP contribution in [0.15, 0.2) is 67.0 Å². The van der Waals surface area contributed by atoms with Crippen molar-refractivity contribution in [3.05, 3.63) is 83.0 Å². The van der Waals surface area contributed by atoms with Crippen LogP contribution in [-0.4, -0.2) is 49.7 Å². The lowest BCUT2D eigenvalue weighted by atomic mass is 10.1. The Morgan fingerprint density at radius 2 is 1.97 bits per heavy atom. The Morgan fingerprint density at radius 3 is 2.63 bits per heavy atom. The van der Waals surface area contributed by atoms with Crippen molar-refractivity contribution in [3.8, 4) is 16.1 Å². The fraction of sp³-hybridized carbons (Fsp3) is 0.182. The molecular weight excluding hydrogens is 398 g/mol. The van der Waals surface area contributed by atoms with E-state index >= 15 is 0 Å². The Kier molecular flexibility index (Phi) is 5.69. The molecule has 0 saturated heterocycles. The van der Waals surface area contributed by atoms with E-state index < -0.39 is 6.10 Å². The Balaban J connectivity index is 1.65. The van der Waals surface area contributed by atoms with Crippen molar-refractivity contribution in [1.82, 2.24) is 25.1 Å². The summed E-state index contributed by atoms with van der Waals surface area (Å²) < 4.78 is 1.53. The van der Waals surface area contributed by atoms with Gasteiger partial charge in [-0.15, -0.1) is 16.4 Å². The molecule has 1 atom stereocenters. The number of thiophene rings is 1. The number of benzene rings is 2. The number of aliphatic hydroxyl groups excluding tert-OH is 1. The summed E-state index contributed by atoms with van der Waals surface area (Å²) in [5.41, 5.74) is 2.89. The molecule has 0 bridgehead atoms. The molecule has 0 spiro atoms. The van der Waals surface area contributed by atoms with Gasteiger partial charge in [-0.3, -0.25) is 4.79 Å². The smallest absolute Gasteiger partial charge is 0.253 e. The van der Waals surface area contributed by atoms with Crippen LogP contribution in [0.2, 0.25) is 0 Å². The first-order valence-corrected chi connectivity index (χ1v) is 10.3. The summed E-state index contributed by atoms with van der Waals surface area (Å²) in [6.45, 7) is 2.23. The topological polar surface area (TPSA) is 84.1 Å². The van der Waals surface area contributed by atoms with Crippen LogP contribution in [0.5, 0.6) is 0 Å². The van der Waals surface area contributed by atoms with Crippen LogP contribution in [0.3, 0.4) is 0 Å². The minimum Gasteiger partial charge on any atom is -0.387 e. The van der Waals surface area contributed by atoms with E-state index in [4.69, 9.17) is 0 Å². The van der Waals surface area contributed by atoms with Crippen molar-refractivity contribution < 1.29 is 9.90 Å². The van der Waals surface area contributed by atoms with E-state index in [-0.39, 0.29) is 12.5 Å². The lowest BCUT2D eigenvalue weighted by Crippen LogP contribution is -2.31. The number of rotatable bonds is 6. The first kappa shape index (κ1) is 19.9. The molecule has 0 aliphatic carbocycles. The lowest BCUT2D eigenvalue weighted by molar-refractivity contribution is 0.0681. The van der Waals surface area contributed by atoms with E-state index in [0.717, 1.165) is 16.0 Å². The zero-order valence-corrected chi connectivity index (χ0v) is 17.5. The molecule has 2 aromatic carbocycles. The highest BCUT2D eigenvalue weighted by molar-refractivity contribution is 7.15. The van der Waals surface area contributed by atoms with Gasteiger partial charge in [0.05, 0.1) is 18.3 Å². The van der Waals surface area contributed by atoms with E-state index in [9.17, 15) is 9.90 Å². The van der Waals surface area contributed by atoms with E-state index in [0.29, 0.717) is 11.3 Å². The SMILES string of the molecule is Cc1ccc(-c2cc(C(=O)N(C)CC(O)c3ccccc3)cc(-n3cnnn3)c2)s1. The molecule has 4 rings (SSSR count). The monoisotopic (exact) mass is 419 g/mol. The van der Waals surface area contributed by atoms with Crippen LogP contribution in [0, 0.1) is 6.92 Å². The number of aliphatic hydroxyl groups is 1. The highest BCUT2D eigenvalue weighted by Crippen LogP contribution is 2.30. The second-order valence-corrected chi connectivity index (χ2v) is 8.33. The molecule has 2 heterocycles. The van der Waals surface area contributed by atoms with Crippen LogP contribution in [-0.2, 0) is 0 Å². The Hall–Kier alpha value is -3.36. The number of likely N-dealkylation sites (N-methyl/N-ethyl adjacent to an activating group) is 1. The molecule has 1 amide bonds. The van der Waals surface area contributed by atoms with E-state index in [1.54, 1.807) is 24.5 Å². The number of amides is 1. The third-order valence-corrected chi connectivity index (χ3v) is 5.83. The molecule has 0 saturated carbocycles. The number of aryl methyl sites for hydroxylation is 1. The molecule has 0 aliphatic heterocycles. The molecule has 1 unspecified atom stereocenters. The Labute approximate surface area is 178 Å². The number of carbonyl (C=O) groups is 1. The van der Waals surface area contributed by atoms with Crippen molar-refractivity contribution in [2.45, 2.75) is 13.0 Å². The van der Waals surface area contributed by atoms with Crippen LogP contribution in [0.25, 0.3) is 16.1 Å². The predicted molar refractivity (Wildman–Crippen MR) is 116 cm³/mol. The minimum atomic E-state index is -0.762. The molecule has 0 fully saturated rings. The van der Waals surface area contributed by atoms with E-state index in [1.165, 1.54) is 20.8 Å². The molecule has 0 aliphatic rings. The average molecular weight is 420 g/mol. The van der Waals surface area contributed by atoms with Crippen LogP contribution in [0.4, 0.5) is 0 Å². The third kappa shape index (κ3) is 4.29. The summed E-state index contributed by atoms with van der Waals surface area (Å²) in [5, 5.41) is 21.8. The first-order valence-electron chi connectivity index (χ1n) is 9.45. The summed E-state index contributed by atoms with van der Waals surface area (Å²) >= 11 is 1.66. The van der Waals surface area contributed by atoms with Crippen molar-refractivity contribution in [2.75, 3.05) is 13.6 Å². The average Bonchev–Trinajstić information content (AvgIpc) is 3.45. The summed E-state index contributed by atoms with van der Waals surface area (Å²) in [6.07, 6.45) is 0.734. The summed E-state index contributed by atoms with van der Waals surface area (Å²) in [4.78, 5) is 17.0. The van der Waals surface area contributed by atoms with Gasteiger partial charge in [0, 0.05) is 22.4 Å². The molecule has 8 heteroatoms. The van der Waals surface area contributed by atoms with Crippen LogP contribution < -0.4 is 0 Å². The number of nitrogens with zero attached hydrogens (tertiary/aromatic N) is 5. The predicted octanol–water partition coefficient (Wildman–Crippen LogP) is 3.50. The molecule has 152 valence electrons. The normalized spacial score (nSPS) is 12.0. The lowest BCUT2D eigenvalue weighted by Gasteiger charge is -2.22. The van der Waals surface area contributed by atoms with Gasteiger partial charge in [-0.25, -0.2) is 4.68 Å². The van der Waals surface area contributed by atoms with Crippen molar-refractivity contribution in [3.63, 3.8) is 0 Å². The highest BCUT2D eigenvalue weighted by atomic mass is 32.1. The van der Waals surface area contributed by atoms with E-state index in [2.05, 4.69) is 15.5 Å². The van der Waals surface area contributed by atoms with Crippen LogP contribution >= 0.6 is 11.3 Å². The molecule has 2 aromatic heterocycles. The van der Waals surface area contributed by atoms with Gasteiger partial charge < -0.3 is 10.0 Å². The molecular formula is C22H21N5O2S. The van der Waals surface area contributed by atoms with Gasteiger partial charge in [0.2, 0.25) is 0 Å². The summed E-state index contributed by atoms with van der Waals surface area (Å²) in [7, 11) is 1.69. The maximum absolute atomic E-state index is 13.2. The van der Waals surface area contributed by atoms with Crippen LogP contribution in [0.1, 0.15) is 26.9 Å². The Bertz CT molecular complexity index is 1140. The molecule has 1 N–H and O–H groups in total. The molecule has 4 aromatic rings. The Morgan fingerprint density at radius 1 is 1.17 bits per heavy atom. The third-order valence-electron chi connectivity index (χ3n) is 4.78. The minimum absolute atomic E-state index is 0.186. The van der Waals surface area contributed by atoms with Gasteiger partial charge in [0.1, 0.15) is 6.33 Å². The second kappa shape index (κ2) is 8.56. The standard InChI is InChI=1S/C22H21N5O2S/c1-15-8-9-21(30-15)17-10-18(12-19(11-17)27-14-23-24-25-27)22(29)26(2)13-20(28)16-6-4-3-5-7-16/h3-12,14,20,28H,13H2,1-2H3. The summed E-state index contributed by atoms with van der Waals surface area (Å²) in [6, 6.07) is 19.0. The highest BCUT2D eigenvalue weighted by Gasteiger charge is 2.19. The van der Waals surface area contributed by atoms with Crippen molar-refractivity contribution in [1.29, 1.82) is 0 Å². The van der Waals surface area contributed by atoms with Gasteiger partial charge in [-0.1, -0.05) is 30.3 Å². The zero-order chi connectivity index (χ0) is 21.1. The summed E-state index contributed by atoms with van der Waals surface area (Å²) in [5.74, 6) is -0.186. The van der Waals surface area contributed by atoms with Crippen molar-refractivity contribution >= 4 is 17.2 Å². The fourth-order valence-corrected chi connectivity index (χ4v) is 4.08. The van der Waals surface area contributed by atoms with Crippen molar-refractivity contribution in [2.24, 2.45) is 0 Å². The molecule has 7 nitrogen and oxygen atoms in total. The number of hydrogen-bond acceptors (Lipinski definition) is 6. The number of carbonyl (C=O) groups excluding carboxylic acids is 1. The maximum Gasteiger partial charge on any atom is 0.253 e. The number of hydrogen-bond donors (Lipinski definition) is 1. The van der Waals surface area contributed by atoms with Gasteiger partial charge in [0.25, 0.3) is 5.91 Å². The van der Waals surface area contributed by atoms with E-state index in [1.807, 2.05) is 61.5 Å². The largest absolute Gasteiger partial charge is 0.387 e. The molecule has 0 radical (unpaired) electrons. The van der Waals surface area contributed by atoms with Gasteiger partial charge in [0.15, 0.2) is 0 Å². The number of aromatic nitrogens is 4. The molecule has 30 heavy (non-hydrogen) atoms. The van der Waals surface area contributed by atoms with Gasteiger partial charge in [-0.2, -0.15) is 0 Å². The fourth-order valence-electron chi connectivity index (χ4n) is 3.22. The number of tetrazole rings is 1. The quantitative estimate of drug-likeness (QED) is 0.517. The first-order chi connectivity index (χ1) is 14.5. The van der Waals surface area contributed by atoms with Gasteiger partial charge >= 0.3 is 0 Å². The second-order valence-electron chi connectivity index (χ2n) is 7.05. The zero-order valence-electron chi connectivity index (χ0n) is 16.6. The maximum atomic E-state index is 13.2.